The number of nitrogens with one attached hydrogen (secondary N) is 2. The average molecular weight is 277 g/mol. The Morgan fingerprint density at radius 3 is 2.39 bits per heavy atom. The number of carbonyl (C=O) groups excluding carboxylic acids is 3. The molecule has 0 aromatic rings. The van der Waals surface area contributed by atoms with Gasteiger partial charge < -0.3 is 21.1 Å². The first-order chi connectivity index (χ1) is 8.42. The number of hydrogen-bond donors (Lipinski definition) is 3. The zero-order valence-corrected chi connectivity index (χ0v) is 11.5. The Bertz CT molecular complexity index is 311. The third kappa shape index (κ3) is 6.33. The van der Waals surface area contributed by atoms with E-state index in [2.05, 4.69) is 15.4 Å². The summed E-state index contributed by atoms with van der Waals surface area (Å²) in [5.41, 5.74) is 4.99. The summed E-state index contributed by atoms with van der Waals surface area (Å²) in [6, 6.07) is -2.29. The molecule has 4 N–H and O–H groups in total. The van der Waals surface area contributed by atoms with Crippen LogP contribution >= 0.6 is 11.8 Å². The van der Waals surface area contributed by atoms with E-state index in [9.17, 15) is 14.4 Å². The molecule has 0 aliphatic heterocycles. The molecule has 0 aliphatic carbocycles. The standard InChI is InChI=1S/C10H19N3O4S/c1-6(9(15)17-2)12-8(14)7(4-5-18-3)13-10(11)16/h6-7H,4-5H2,1-3H3,(H,12,14)(H3,11,13,16)/t6-,7?/m0/s1. The van der Waals surface area contributed by atoms with Crippen LogP contribution in [0, 0.1) is 0 Å². The fourth-order valence-corrected chi connectivity index (χ4v) is 1.70. The zero-order chi connectivity index (χ0) is 14.1. The fraction of sp³-hybridized carbons (Fsp3) is 0.700. The number of ether oxygens (including phenoxy) is 1. The van der Waals surface area contributed by atoms with Gasteiger partial charge >= 0.3 is 12.0 Å². The molecule has 0 bridgehead atoms. The second-order valence-electron chi connectivity index (χ2n) is 3.60. The quantitative estimate of drug-likeness (QED) is 0.541. The van der Waals surface area contributed by atoms with E-state index in [1.165, 1.54) is 14.0 Å². The van der Waals surface area contributed by atoms with Crippen LogP contribution in [0.3, 0.4) is 0 Å². The van der Waals surface area contributed by atoms with Gasteiger partial charge in [-0.25, -0.2) is 9.59 Å². The summed E-state index contributed by atoms with van der Waals surface area (Å²) in [6.07, 6.45) is 2.32. The molecule has 8 heteroatoms. The highest BCUT2D eigenvalue weighted by molar-refractivity contribution is 7.98. The lowest BCUT2D eigenvalue weighted by atomic mass is 10.2. The van der Waals surface area contributed by atoms with Gasteiger partial charge in [-0.3, -0.25) is 4.79 Å². The highest BCUT2D eigenvalue weighted by atomic mass is 32.2. The molecule has 1 unspecified atom stereocenters. The maximum atomic E-state index is 11.8. The van der Waals surface area contributed by atoms with Gasteiger partial charge in [0.2, 0.25) is 5.91 Å². The molecule has 0 heterocycles. The Morgan fingerprint density at radius 1 is 1.33 bits per heavy atom. The summed E-state index contributed by atoms with van der Waals surface area (Å²) in [5, 5.41) is 4.79. The van der Waals surface area contributed by atoms with Gasteiger partial charge in [-0.15, -0.1) is 0 Å². The second kappa shape index (κ2) is 8.62. The van der Waals surface area contributed by atoms with Crippen molar-refractivity contribution < 1.29 is 19.1 Å². The van der Waals surface area contributed by atoms with E-state index >= 15 is 0 Å². The first kappa shape index (κ1) is 16.6. The highest BCUT2D eigenvalue weighted by Gasteiger charge is 2.23. The maximum Gasteiger partial charge on any atom is 0.328 e. The molecular weight excluding hydrogens is 258 g/mol. The van der Waals surface area contributed by atoms with Crippen LogP contribution in [0.4, 0.5) is 4.79 Å². The van der Waals surface area contributed by atoms with Gasteiger partial charge in [0.1, 0.15) is 12.1 Å². The van der Waals surface area contributed by atoms with Crippen LogP contribution in [0.15, 0.2) is 0 Å². The van der Waals surface area contributed by atoms with Gasteiger partial charge in [0.25, 0.3) is 0 Å². The van der Waals surface area contributed by atoms with Gasteiger partial charge in [-0.1, -0.05) is 0 Å². The number of rotatable bonds is 7. The maximum absolute atomic E-state index is 11.8. The van der Waals surface area contributed by atoms with Gasteiger partial charge in [-0.2, -0.15) is 11.8 Å². The van der Waals surface area contributed by atoms with Crippen molar-refractivity contribution in [1.29, 1.82) is 0 Å². The SMILES string of the molecule is COC(=O)[C@H](C)NC(=O)C(CCSC)NC(N)=O. The first-order valence-electron chi connectivity index (χ1n) is 5.35. The monoisotopic (exact) mass is 277 g/mol. The molecule has 7 nitrogen and oxygen atoms in total. The smallest absolute Gasteiger partial charge is 0.328 e. The Morgan fingerprint density at radius 2 is 1.94 bits per heavy atom. The van der Waals surface area contributed by atoms with Crippen LogP contribution in [0.25, 0.3) is 0 Å². The Balaban J connectivity index is 4.44. The van der Waals surface area contributed by atoms with Gasteiger partial charge in [0.05, 0.1) is 7.11 Å². The molecular formula is C10H19N3O4S. The number of nitrogens with two attached hydrogens (primary N) is 1. The predicted molar refractivity (Wildman–Crippen MR) is 69.1 cm³/mol. The average Bonchev–Trinajstić information content (AvgIpc) is 2.32. The van der Waals surface area contributed by atoms with Crippen molar-refractivity contribution in [1.82, 2.24) is 10.6 Å². The molecule has 0 aromatic carbocycles. The van der Waals surface area contributed by atoms with Gasteiger partial charge in [-0.05, 0) is 25.4 Å². The number of methoxy groups -OCH3 is 1. The van der Waals surface area contributed by atoms with Crippen molar-refractivity contribution in [3.8, 4) is 0 Å². The number of thioether (sulfide) groups is 1. The minimum Gasteiger partial charge on any atom is -0.467 e. The van der Waals surface area contributed by atoms with Crippen LogP contribution in [0.2, 0.25) is 0 Å². The van der Waals surface area contributed by atoms with Crippen LogP contribution in [0.5, 0.6) is 0 Å². The Hall–Kier alpha value is -1.44. The van der Waals surface area contributed by atoms with Crippen molar-refractivity contribution in [3.63, 3.8) is 0 Å². The summed E-state index contributed by atoms with van der Waals surface area (Å²) in [7, 11) is 1.23. The van der Waals surface area contributed by atoms with E-state index in [0.717, 1.165) is 0 Å². The second-order valence-corrected chi connectivity index (χ2v) is 4.58. The van der Waals surface area contributed by atoms with E-state index in [4.69, 9.17) is 5.73 Å². The molecule has 3 amide bonds. The minimum atomic E-state index is -0.776. The Labute approximate surface area is 110 Å². The van der Waals surface area contributed by atoms with Gasteiger partial charge in [0, 0.05) is 0 Å². The number of amides is 3. The molecule has 0 radical (unpaired) electrons. The number of carbonyl (C=O) groups is 3. The van der Waals surface area contributed by atoms with Crippen molar-refractivity contribution in [2.75, 3.05) is 19.1 Å². The molecule has 0 saturated heterocycles. The number of hydrogen-bond acceptors (Lipinski definition) is 5. The largest absolute Gasteiger partial charge is 0.467 e. The van der Waals surface area contributed by atoms with Crippen molar-refractivity contribution >= 4 is 29.7 Å². The first-order valence-corrected chi connectivity index (χ1v) is 6.74. The van der Waals surface area contributed by atoms with E-state index < -0.39 is 30.0 Å². The normalized spacial score (nSPS) is 13.3. The Kier molecular flexibility index (Phi) is 7.93. The number of esters is 1. The van der Waals surface area contributed by atoms with Crippen LogP contribution in [-0.4, -0.2) is 49.1 Å². The van der Waals surface area contributed by atoms with E-state index in [-0.39, 0.29) is 0 Å². The summed E-state index contributed by atoms with van der Waals surface area (Å²) in [5.74, 6) is -0.322. The predicted octanol–water partition coefficient (Wildman–Crippen LogP) is -0.546. The molecule has 0 aromatic heterocycles. The fourth-order valence-electron chi connectivity index (χ4n) is 1.23. The van der Waals surface area contributed by atoms with Crippen molar-refractivity contribution in [2.24, 2.45) is 5.73 Å². The van der Waals surface area contributed by atoms with Crippen LogP contribution in [-0.2, 0) is 14.3 Å². The minimum absolute atomic E-state index is 0.434. The summed E-state index contributed by atoms with van der Waals surface area (Å²) < 4.78 is 4.49. The molecule has 0 rings (SSSR count). The topological polar surface area (TPSA) is 111 Å². The summed E-state index contributed by atoms with van der Waals surface area (Å²) in [4.78, 5) is 33.8. The summed E-state index contributed by atoms with van der Waals surface area (Å²) >= 11 is 1.54. The molecule has 104 valence electrons. The third-order valence-electron chi connectivity index (χ3n) is 2.16. The molecule has 18 heavy (non-hydrogen) atoms. The lowest BCUT2D eigenvalue weighted by Gasteiger charge is -2.19. The van der Waals surface area contributed by atoms with Crippen molar-refractivity contribution in [2.45, 2.75) is 25.4 Å². The molecule has 0 aliphatic rings. The van der Waals surface area contributed by atoms with Crippen LogP contribution < -0.4 is 16.4 Å². The number of primary amides is 1. The van der Waals surface area contributed by atoms with E-state index in [1.807, 2.05) is 6.26 Å². The van der Waals surface area contributed by atoms with Gasteiger partial charge in [0.15, 0.2) is 0 Å². The number of urea groups is 1. The molecule has 0 saturated carbocycles. The van der Waals surface area contributed by atoms with E-state index in [0.29, 0.717) is 12.2 Å². The third-order valence-corrected chi connectivity index (χ3v) is 2.80. The molecule has 2 atom stereocenters. The molecule has 0 fully saturated rings. The van der Waals surface area contributed by atoms with Crippen molar-refractivity contribution in [3.05, 3.63) is 0 Å². The summed E-state index contributed by atoms with van der Waals surface area (Å²) in [6.45, 7) is 1.50. The molecule has 0 spiro atoms. The lowest BCUT2D eigenvalue weighted by molar-refractivity contribution is -0.144. The lowest BCUT2D eigenvalue weighted by Crippen LogP contribution is -2.52. The van der Waals surface area contributed by atoms with E-state index in [1.54, 1.807) is 11.8 Å². The highest BCUT2D eigenvalue weighted by Crippen LogP contribution is 2.01. The van der Waals surface area contributed by atoms with Crippen LogP contribution in [0.1, 0.15) is 13.3 Å². The zero-order valence-electron chi connectivity index (χ0n) is 10.7.